The molecule has 0 saturated carbocycles. The number of halogens is 1. The highest BCUT2D eigenvalue weighted by molar-refractivity contribution is 7.13. The Morgan fingerprint density at radius 2 is 2.16 bits per heavy atom. The maximum atomic E-state index is 13.8. The second-order valence-corrected chi connectivity index (χ2v) is 7.64. The van der Waals surface area contributed by atoms with E-state index in [9.17, 15) is 9.18 Å². The Morgan fingerprint density at radius 1 is 1.26 bits per heavy atom. The second kappa shape index (κ2) is 9.48. The largest absolute Gasteiger partial charge is 0.494 e. The Balaban J connectivity index is 1.43. The molecule has 0 bridgehead atoms. The van der Waals surface area contributed by atoms with Crippen LogP contribution in [0.5, 0.6) is 5.75 Å². The van der Waals surface area contributed by atoms with E-state index in [1.54, 1.807) is 42.2 Å². The summed E-state index contributed by atoms with van der Waals surface area (Å²) in [6, 6.07) is 8.51. The van der Waals surface area contributed by atoms with E-state index in [1.807, 2.05) is 22.2 Å². The lowest BCUT2D eigenvalue weighted by atomic mass is 10.1. The molecule has 0 aliphatic carbocycles. The first kappa shape index (κ1) is 20.7. The zero-order valence-electron chi connectivity index (χ0n) is 16.8. The van der Waals surface area contributed by atoms with Gasteiger partial charge in [0.05, 0.1) is 48.7 Å². The van der Waals surface area contributed by atoms with Crippen LogP contribution < -0.4 is 10.1 Å². The zero-order valence-corrected chi connectivity index (χ0v) is 17.6. The molecule has 0 aliphatic rings. The number of rotatable bonds is 8. The number of benzene rings is 1. The summed E-state index contributed by atoms with van der Waals surface area (Å²) in [6.07, 6.45) is 6.83. The lowest BCUT2D eigenvalue weighted by Crippen LogP contribution is -2.29. The Kier molecular flexibility index (Phi) is 6.32. The topological polar surface area (TPSA) is 81.9 Å². The lowest BCUT2D eigenvalue weighted by molar-refractivity contribution is -0.120. The molecular weight excluding hydrogens is 417 g/mol. The molecule has 0 unspecified atom stereocenters. The van der Waals surface area contributed by atoms with E-state index in [1.165, 1.54) is 19.2 Å². The van der Waals surface area contributed by atoms with Gasteiger partial charge in [-0.3, -0.25) is 19.4 Å². The van der Waals surface area contributed by atoms with Crippen LogP contribution in [0.1, 0.15) is 5.56 Å². The van der Waals surface area contributed by atoms with Gasteiger partial charge in [0, 0.05) is 24.5 Å². The summed E-state index contributed by atoms with van der Waals surface area (Å²) >= 11 is 1.61. The molecule has 0 spiro atoms. The number of amides is 1. The van der Waals surface area contributed by atoms with Gasteiger partial charge in [-0.1, -0.05) is 12.1 Å². The van der Waals surface area contributed by atoms with E-state index in [2.05, 4.69) is 20.4 Å². The quantitative estimate of drug-likeness (QED) is 0.456. The molecule has 7 nitrogen and oxygen atoms in total. The molecule has 1 aromatic carbocycles. The number of ether oxygens (including phenoxy) is 1. The van der Waals surface area contributed by atoms with Crippen molar-refractivity contribution in [2.24, 2.45) is 0 Å². The molecule has 0 fully saturated rings. The molecule has 4 aromatic rings. The van der Waals surface area contributed by atoms with E-state index >= 15 is 0 Å². The lowest BCUT2D eigenvalue weighted by Gasteiger charge is -2.10. The average molecular weight is 438 g/mol. The first-order chi connectivity index (χ1) is 15.2. The molecule has 3 aromatic heterocycles. The first-order valence-corrected chi connectivity index (χ1v) is 10.5. The molecule has 0 saturated heterocycles. The number of hydrogen-bond donors (Lipinski definition) is 1. The van der Waals surface area contributed by atoms with Crippen LogP contribution in [0.25, 0.3) is 21.8 Å². The van der Waals surface area contributed by atoms with Crippen molar-refractivity contribution in [3.05, 3.63) is 71.9 Å². The number of nitrogens with zero attached hydrogens (tertiary/aromatic N) is 4. The van der Waals surface area contributed by atoms with Crippen LogP contribution in [0.2, 0.25) is 0 Å². The summed E-state index contributed by atoms with van der Waals surface area (Å²) in [5.74, 6) is -0.520. The van der Waals surface area contributed by atoms with Gasteiger partial charge in [-0.05, 0) is 29.1 Å². The highest BCUT2D eigenvalue weighted by Gasteiger charge is 2.17. The maximum absolute atomic E-state index is 13.8. The molecule has 158 valence electrons. The number of nitrogens with one attached hydrogen (secondary N) is 1. The molecule has 1 N–H and O–H groups in total. The smallest absolute Gasteiger partial charge is 0.224 e. The SMILES string of the molecule is COc1ccc(CC(=O)NCCn2ncc(-c3cnccn3)c2-c2cccs2)cc1F. The van der Waals surface area contributed by atoms with E-state index in [0.29, 0.717) is 18.7 Å². The molecule has 31 heavy (non-hydrogen) atoms. The average Bonchev–Trinajstić information content (AvgIpc) is 3.44. The van der Waals surface area contributed by atoms with Gasteiger partial charge >= 0.3 is 0 Å². The Morgan fingerprint density at radius 3 is 2.87 bits per heavy atom. The number of carbonyl (C=O) groups excluding carboxylic acids is 1. The van der Waals surface area contributed by atoms with E-state index in [4.69, 9.17) is 4.74 Å². The second-order valence-electron chi connectivity index (χ2n) is 6.69. The minimum atomic E-state index is -0.485. The van der Waals surface area contributed by atoms with E-state index in [0.717, 1.165) is 21.8 Å². The zero-order chi connectivity index (χ0) is 21.6. The van der Waals surface area contributed by atoms with Gasteiger partial charge in [0.15, 0.2) is 11.6 Å². The van der Waals surface area contributed by atoms with Gasteiger partial charge < -0.3 is 10.1 Å². The van der Waals surface area contributed by atoms with Crippen LogP contribution in [-0.2, 0) is 17.8 Å². The van der Waals surface area contributed by atoms with Crippen LogP contribution in [0, 0.1) is 5.82 Å². The minimum Gasteiger partial charge on any atom is -0.494 e. The summed E-state index contributed by atoms with van der Waals surface area (Å²) in [7, 11) is 1.40. The van der Waals surface area contributed by atoms with Crippen LogP contribution >= 0.6 is 11.3 Å². The number of thiophene rings is 1. The summed E-state index contributed by atoms with van der Waals surface area (Å²) in [6.45, 7) is 0.869. The fourth-order valence-electron chi connectivity index (χ4n) is 3.22. The molecule has 9 heteroatoms. The number of hydrogen-bond acceptors (Lipinski definition) is 6. The fourth-order valence-corrected chi connectivity index (χ4v) is 4.01. The van der Waals surface area contributed by atoms with Gasteiger partial charge in [-0.15, -0.1) is 11.3 Å². The van der Waals surface area contributed by atoms with Crippen LogP contribution in [0.3, 0.4) is 0 Å². The van der Waals surface area contributed by atoms with Crippen molar-refractivity contribution in [1.82, 2.24) is 25.1 Å². The highest BCUT2D eigenvalue weighted by atomic mass is 32.1. The van der Waals surface area contributed by atoms with E-state index < -0.39 is 5.82 Å². The monoisotopic (exact) mass is 437 g/mol. The van der Waals surface area contributed by atoms with Gasteiger partial charge in [0.25, 0.3) is 0 Å². The molecular formula is C22H20FN5O2S. The first-order valence-electron chi connectivity index (χ1n) is 9.61. The third-order valence-corrected chi connectivity index (χ3v) is 5.54. The number of aromatic nitrogens is 4. The normalized spacial score (nSPS) is 10.8. The van der Waals surface area contributed by atoms with Gasteiger partial charge in [-0.25, -0.2) is 4.39 Å². The molecule has 0 aliphatic heterocycles. The Labute approximate surface area is 182 Å². The van der Waals surface area contributed by atoms with Crippen molar-refractivity contribution in [2.45, 2.75) is 13.0 Å². The van der Waals surface area contributed by atoms with E-state index in [-0.39, 0.29) is 18.1 Å². The molecule has 0 radical (unpaired) electrons. The van der Waals surface area contributed by atoms with Crippen LogP contribution in [0.15, 0.2) is 60.5 Å². The molecule has 0 atom stereocenters. The highest BCUT2D eigenvalue weighted by Crippen LogP contribution is 2.33. The van der Waals surface area contributed by atoms with Crippen molar-refractivity contribution in [3.8, 4) is 27.6 Å². The Hall–Kier alpha value is -3.59. The van der Waals surface area contributed by atoms with Crippen molar-refractivity contribution < 1.29 is 13.9 Å². The molecule has 4 rings (SSSR count). The van der Waals surface area contributed by atoms with Crippen molar-refractivity contribution >= 4 is 17.2 Å². The Bertz CT molecular complexity index is 1160. The minimum absolute atomic E-state index is 0.0860. The van der Waals surface area contributed by atoms with Gasteiger partial charge in [-0.2, -0.15) is 5.10 Å². The molecule has 1 amide bonds. The summed E-state index contributed by atoms with van der Waals surface area (Å²) in [4.78, 5) is 21.9. The van der Waals surface area contributed by atoms with Gasteiger partial charge in [0.2, 0.25) is 5.91 Å². The standard InChI is InChI=1S/C22H20FN5O2S/c1-30-19-5-4-15(11-17(19)23)12-21(29)26-8-9-28-22(20-3-2-10-31-20)16(13-27-28)18-14-24-6-7-25-18/h2-7,10-11,13-14H,8-9,12H2,1H3,(H,26,29). The van der Waals surface area contributed by atoms with Crippen molar-refractivity contribution in [3.63, 3.8) is 0 Å². The molecule has 3 heterocycles. The van der Waals surface area contributed by atoms with Crippen molar-refractivity contribution in [2.75, 3.05) is 13.7 Å². The van der Waals surface area contributed by atoms with Gasteiger partial charge in [0.1, 0.15) is 0 Å². The summed E-state index contributed by atoms with van der Waals surface area (Å²) in [5, 5.41) is 9.37. The fraction of sp³-hybridized carbons (Fsp3) is 0.182. The van der Waals surface area contributed by atoms with Crippen molar-refractivity contribution in [1.29, 1.82) is 0 Å². The number of carbonyl (C=O) groups is 1. The van der Waals surface area contributed by atoms with Crippen LogP contribution in [-0.4, -0.2) is 39.3 Å². The summed E-state index contributed by atoms with van der Waals surface area (Å²) < 4.78 is 20.6. The maximum Gasteiger partial charge on any atom is 0.224 e. The predicted molar refractivity (Wildman–Crippen MR) is 116 cm³/mol. The third-order valence-electron chi connectivity index (χ3n) is 4.66. The van der Waals surface area contributed by atoms with Crippen LogP contribution in [0.4, 0.5) is 4.39 Å². The predicted octanol–water partition coefficient (Wildman–Crippen LogP) is 3.58. The summed E-state index contributed by atoms with van der Waals surface area (Å²) in [5.41, 5.74) is 3.14. The number of methoxy groups -OCH3 is 1. The third kappa shape index (κ3) is 4.77.